The lowest BCUT2D eigenvalue weighted by Crippen LogP contribution is -2.04. The molecule has 0 spiro atoms. The van der Waals surface area contributed by atoms with Crippen LogP contribution >= 0.6 is 27.5 Å². The summed E-state index contributed by atoms with van der Waals surface area (Å²) in [5, 5.41) is 0.575. The van der Waals surface area contributed by atoms with Crippen LogP contribution < -0.4 is 4.74 Å². The van der Waals surface area contributed by atoms with Crippen molar-refractivity contribution in [3.05, 3.63) is 69.7 Å². The Kier molecular flexibility index (Phi) is 4.77. The van der Waals surface area contributed by atoms with Crippen LogP contribution in [0.25, 0.3) is 6.08 Å². The van der Waals surface area contributed by atoms with Gasteiger partial charge in [0.2, 0.25) is 0 Å². The lowest BCUT2D eigenvalue weighted by atomic mass is 10.2. The minimum atomic E-state index is -0.438. The van der Waals surface area contributed by atoms with Crippen LogP contribution in [0.15, 0.2) is 59.1 Å². The third-order valence-electron chi connectivity index (χ3n) is 2.32. The van der Waals surface area contributed by atoms with Gasteiger partial charge in [-0.1, -0.05) is 41.9 Å². The van der Waals surface area contributed by atoms with E-state index in [2.05, 4.69) is 15.9 Å². The molecule has 0 saturated heterocycles. The quantitative estimate of drug-likeness (QED) is 0.460. The van der Waals surface area contributed by atoms with Gasteiger partial charge < -0.3 is 4.74 Å². The SMILES string of the molecule is O=C(/C=C\c1ccccc1)Oc1ccc(Cl)cc1Br. The van der Waals surface area contributed by atoms with Gasteiger partial charge in [-0.25, -0.2) is 4.79 Å². The Morgan fingerprint density at radius 1 is 1.16 bits per heavy atom. The molecule has 0 radical (unpaired) electrons. The molecule has 0 unspecified atom stereocenters. The first-order valence-corrected chi connectivity index (χ1v) is 6.72. The summed E-state index contributed by atoms with van der Waals surface area (Å²) in [6.45, 7) is 0. The third-order valence-corrected chi connectivity index (χ3v) is 3.17. The molecular weight excluding hydrogens is 328 g/mol. The van der Waals surface area contributed by atoms with Crippen LogP contribution in [-0.2, 0) is 4.79 Å². The molecule has 0 bridgehead atoms. The Morgan fingerprint density at radius 3 is 2.58 bits per heavy atom. The summed E-state index contributed by atoms with van der Waals surface area (Å²) in [4.78, 5) is 11.7. The Labute approximate surface area is 124 Å². The Hall–Kier alpha value is -1.58. The van der Waals surface area contributed by atoms with Crippen LogP contribution in [0.1, 0.15) is 5.56 Å². The summed E-state index contributed by atoms with van der Waals surface area (Å²) in [6, 6.07) is 14.5. The Balaban J connectivity index is 2.04. The van der Waals surface area contributed by atoms with Gasteiger partial charge in [0.15, 0.2) is 0 Å². The van der Waals surface area contributed by atoms with Gasteiger partial charge in [-0.15, -0.1) is 0 Å². The summed E-state index contributed by atoms with van der Waals surface area (Å²) in [5.74, 6) is -0.000938. The van der Waals surface area contributed by atoms with E-state index >= 15 is 0 Å². The van der Waals surface area contributed by atoms with E-state index in [1.54, 1.807) is 24.3 Å². The van der Waals surface area contributed by atoms with Crippen molar-refractivity contribution in [2.45, 2.75) is 0 Å². The van der Waals surface area contributed by atoms with E-state index in [1.807, 2.05) is 30.3 Å². The highest BCUT2D eigenvalue weighted by Crippen LogP contribution is 2.28. The molecule has 0 heterocycles. The van der Waals surface area contributed by atoms with Crippen molar-refractivity contribution >= 4 is 39.6 Å². The van der Waals surface area contributed by atoms with E-state index in [1.165, 1.54) is 6.08 Å². The molecule has 2 rings (SSSR count). The lowest BCUT2D eigenvalue weighted by molar-refractivity contribution is -0.128. The van der Waals surface area contributed by atoms with Gasteiger partial charge >= 0.3 is 5.97 Å². The summed E-state index contributed by atoms with van der Waals surface area (Å²) in [6.07, 6.45) is 3.09. The number of esters is 1. The zero-order chi connectivity index (χ0) is 13.7. The first kappa shape index (κ1) is 13.8. The van der Waals surface area contributed by atoms with Crippen molar-refractivity contribution in [2.75, 3.05) is 0 Å². The summed E-state index contributed by atoms with van der Waals surface area (Å²) in [5.41, 5.74) is 0.939. The fourth-order valence-corrected chi connectivity index (χ4v) is 2.19. The molecule has 96 valence electrons. The predicted molar refractivity (Wildman–Crippen MR) is 80.3 cm³/mol. The number of ether oxygens (including phenoxy) is 1. The Morgan fingerprint density at radius 2 is 1.89 bits per heavy atom. The number of rotatable bonds is 3. The molecule has 0 saturated carbocycles. The van der Waals surface area contributed by atoms with Crippen LogP contribution in [0.4, 0.5) is 0 Å². The largest absolute Gasteiger partial charge is 0.422 e. The predicted octanol–water partition coefficient (Wildman–Crippen LogP) is 4.72. The molecule has 0 N–H and O–H groups in total. The lowest BCUT2D eigenvalue weighted by Gasteiger charge is -2.04. The number of benzene rings is 2. The Bertz CT molecular complexity index is 609. The maximum Gasteiger partial charge on any atom is 0.336 e. The maximum absolute atomic E-state index is 11.7. The second kappa shape index (κ2) is 6.55. The van der Waals surface area contributed by atoms with Crippen molar-refractivity contribution in [1.82, 2.24) is 0 Å². The molecule has 2 nitrogen and oxygen atoms in total. The highest BCUT2D eigenvalue weighted by molar-refractivity contribution is 9.10. The summed E-state index contributed by atoms with van der Waals surface area (Å²) in [7, 11) is 0. The topological polar surface area (TPSA) is 26.3 Å². The number of carbonyl (C=O) groups excluding carboxylic acids is 1. The van der Waals surface area contributed by atoms with Crippen molar-refractivity contribution in [3.8, 4) is 5.75 Å². The van der Waals surface area contributed by atoms with E-state index in [-0.39, 0.29) is 0 Å². The van der Waals surface area contributed by atoms with Crippen molar-refractivity contribution in [1.29, 1.82) is 0 Å². The smallest absolute Gasteiger partial charge is 0.336 e. The first-order valence-electron chi connectivity index (χ1n) is 5.55. The number of hydrogen-bond donors (Lipinski definition) is 0. The molecule has 19 heavy (non-hydrogen) atoms. The van der Waals surface area contributed by atoms with E-state index in [0.29, 0.717) is 15.2 Å². The highest BCUT2D eigenvalue weighted by Gasteiger charge is 2.05. The van der Waals surface area contributed by atoms with E-state index < -0.39 is 5.97 Å². The van der Waals surface area contributed by atoms with E-state index in [9.17, 15) is 4.79 Å². The van der Waals surface area contributed by atoms with Crippen molar-refractivity contribution < 1.29 is 9.53 Å². The average molecular weight is 338 g/mol. The molecule has 2 aromatic carbocycles. The van der Waals surface area contributed by atoms with Gasteiger partial charge in [-0.2, -0.15) is 0 Å². The third kappa shape index (κ3) is 4.23. The maximum atomic E-state index is 11.7. The minimum Gasteiger partial charge on any atom is -0.422 e. The minimum absolute atomic E-state index is 0.437. The van der Waals surface area contributed by atoms with Crippen LogP contribution in [0, 0.1) is 0 Å². The normalized spacial score (nSPS) is 10.6. The molecule has 2 aromatic rings. The second-order valence-electron chi connectivity index (χ2n) is 3.74. The number of carbonyl (C=O) groups is 1. The molecule has 0 fully saturated rings. The standard InChI is InChI=1S/C15H10BrClO2/c16-13-10-12(17)7-8-14(13)19-15(18)9-6-11-4-2-1-3-5-11/h1-10H/b9-6-. The van der Waals surface area contributed by atoms with Gasteiger partial charge in [-0.3, -0.25) is 0 Å². The van der Waals surface area contributed by atoms with Crippen LogP contribution in [0.5, 0.6) is 5.75 Å². The molecule has 0 amide bonds. The monoisotopic (exact) mass is 336 g/mol. The van der Waals surface area contributed by atoms with E-state index in [4.69, 9.17) is 16.3 Å². The first-order chi connectivity index (χ1) is 9.15. The van der Waals surface area contributed by atoms with Gasteiger partial charge in [0, 0.05) is 11.1 Å². The van der Waals surface area contributed by atoms with Gasteiger partial charge in [0.05, 0.1) is 4.47 Å². The molecule has 0 aromatic heterocycles. The average Bonchev–Trinajstić information content (AvgIpc) is 2.41. The molecular formula is C15H10BrClO2. The summed E-state index contributed by atoms with van der Waals surface area (Å²) < 4.78 is 5.83. The van der Waals surface area contributed by atoms with Crippen LogP contribution in [0.2, 0.25) is 5.02 Å². The van der Waals surface area contributed by atoms with E-state index in [0.717, 1.165) is 5.56 Å². The van der Waals surface area contributed by atoms with Crippen molar-refractivity contribution in [3.63, 3.8) is 0 Å². The van der Waals surface area contributed by atoms with Crippen LogP contribution in [0.3, 0.4) is 0 Å². The molecule has 0 aliphatic heterocycles. The molecule has 0 atom stereocenters. The van der Waals surface area contributed by atoms with Gasteiger partial charge in [0.1, 0.15) is 5.75 Å². The highest BCUT2D eigenvalue weighted by atomic mass is 79.9. The number of halogens is 2. The zero-order valence-corrected chi connectivity index (χ0v) is 12.2. The fraction of sp³-hybridized carbons (Fsp3) is 0. The summed E-state index contributed by atoms with van der Waals surface area (Å²) >= 11 is 9.10. The number of hydrogen-bond acceptors (Lipinski definition) is 2. The van der Waals surface area contributed by atoms with Gasteiger partial charge in [-0.05, 0) is 45.8 Å². The second-order valence-corrected chi connectivity index (χ2v) is 5.03. The molecule has 0 aliphatic carbocycles. The van der Waals surface area contributed by atoms with Crippen LogP contribution in [-0.4, -0.2) is 5.97 Å². The molecule has 4 heteroatoms. The molecule has 0 aliphatic rings. The van der Waals surface area contributed by atoms with Gasteiger partial charge in [0.25, 0.3) is 0 Å². The fourth-order valence-electron chi connectivity index (χ4n) is 1.43. The zero-order valence-electron chi connectivity index (χ0n) is 9.85. The van der Waals surface area contributed by atoms with Crippen molar-refractivity contribution in [2.24, 2.45) is 0 Å².